The normalized spacial score (nSPS) is 10.5. The zero-order chi connectivity index (χ0) is 16.2. The average Bonchev–Trinajstić information content (AvgIpc) is 3.00. The Morgan fingerprint density at radius 1 is 1.09 bits per heavy atom. The molecule has 116 valence electrons. The van der Waals surface area contributed by atoms with E-state index in [1.165, 1.54) is 0 Å². The molecule has 5 nitrogen and oxygen atoms in total. The highest BCUT2D eigenvalue weighted by atomic mass is 16.4. The fourth-order valence-electron chi connectivity index (χ4n) is 2.32. The summed E-state index contributed by atoms with van der Waals surface area (Å²) in [5.41, 5.74) is 3.92. The van der Waals surface area contributed by atoms with Gasteiger partial charge in [-0.3, -0.25) is 4.79 Å². The molecule has 1 aromatic heterocycles. The number of nitrogens with one attached hydrogen (secondary N) is 1. The summed E-state index contributed by atoms with van der Waals surface area (Å²) in [6.45, 7) is 3.95. The molecule has 0 fully saturated rings. The lowest BCUT2D eigenvalue weighted by molar-refractivity contribution is 0.0988. The maximum absolute atomic E-state index is 12.2. The third-order valence-corrected chi connectivity index (χ3v) is 3.49. The lowest BCUT2D eigenvalue weighted by Gasteiger charge is -2.06. The Morgan fingerprint density at radius 2 is 1.87 bits per heavy atom. The summed E-state index contributed by atoms with van der Waals surface area (Å²) in [6.07, 6.45) is 0.505. The molecule has 1 N–H and O–H groups in total. The van der Waals surface area contributed by atoms with Crippen molar-refractivity contribution >= 4 is 11.6 Å². The van der Waals surface area contributed by atoms with E-state index in [9.17, 15) is 4.79 Å². The van der Waals surface area contributed by atoms with Gasteiger partial charge < -0.3 is 9.73 Å². The van der Waals surface area contributed by atoms with Gasteiger partial charge in [0.15, 0.2) is 0 Å². The van der Waals surface area contributed by atoms with Crippen molar-refractivity contribution in [2.45, 2.75) is 20.3 Å². The smallest absolute Gasteiger partial charge is 0.313 e. The molecule has 1 heterocycles. The van der Waals surface area contributed by atoms with E-state index >= 15 is 0 Å². The van der Waals surface area contributed by atoms with Crippen molar-refractivity contribution in [2.24, 2.45) is 0 Å². The summed E-state index contributed by atoms with van der Waals surface area (Å²) in [5, 5.41) is 10.6. The second-order valence-electron chi connectivity index (χ2n) is 5.44. The van der Waals surface area contributed by atoms with Gasteiger partial charge in [-0.05, 0) is 31.0 Å². The molecule has 1 amide bonds. The maximum atomic E-state index is 12.2. The molecular weight excluding hydrogens is 290 g/mol. The standard InChI is InChI=1S/C18H17N3O2/c1-12-8-9-15(13(2)10-12)19-17(22)18-21-20-16(23-18)11-14-6-4-3-5-7-14/h3-10H,11H2,1-2H3,(H,19,22). The minimum Gasteiger partial charge on any atom is -0.417 e. The molecule has 0 bridgehead atoms. The zero-order valence-electron chi connectivity index (χ0n) is 13.0. The Balaban J connectivity index is 1.71. The predicted molar refractivity (Wildman–Crippen MR) is 87.4 cm³/mol. The largest absolute Gasteiger partial charge is 0.417 e. The molecule has 2 aromatic carbocycles. The van der Waals surface area contributed by atoms with Crippen LogP contribution in [0.3, 0.4) is 0 Å². The van der Waals surface area contributed by atoms with Gasteiger partial charge in [0.2, 0.25) is 5.89 Å². The summed E-state index contributed by atoms with van der Waals surface area (Å²) in [6, 6.07) is 15.6. The van der Waals surface area contributed by atoms with Crippen LogP contribution in [-0.2, 0) is 6.42 Å². The van der Waals surface area contributed by atoms with Gasteiger partial charge in [-0.2, -0.15) is 0 Å². The maximum Gasteiger partial charge on any atom is 0.313 e. The van der Waals surface area contributed by atoms with Crippen molar-refractivity contribution in [3.05, 3.63) is 77.0 Å². The molecule has 5 heteroatoms. The minimum atomic E-state index is -0.399. The van der Waals surface area contributed by atoms with Crippen LogP contribution in [0.5, 0.6) is 0 Å². The molecule has 23 heavy (non-hydrogen) atoms. The van der Waals surface area contributed by atoms with Crippen molar-refractivity contribution in [1.29, 1.82) is 0 Å². The number of anilines is 1. The highest BCUT2D eigenvalue weighted by Gasteiger charge is 2.16. The molecule has 3 rings (SSSR count). The molecule has 0 aliphatic carbocycles. The first-order valence-electron chi connectivity index (χ1n) is 7.37. The number of amides is 1. The molecule has 0 unspecified atom stereocenters. The minimum absolute atomic E-state index is 0.0316. The van der Waals surface area contributed by atoms with Crippen LogP contribution in [0.15, 0.2) is 52.9 Å². The lowest BCUT2D eigenvalue weighted by Crippen LogP contribution is -2.13. The first-order chi connectivity index (χ1) is 11.1. The van der Waals surface area contributed by atoms with Gasteiger partial charge in [0.1, 0.15) is 0 Å². The van der Waals surface area contributed by atoms with E-state index in [0.29, 0.717) is 12.3 Å². The van der Waals surface area contributed by atoms with Crippen LogP contribution >= 0.6 is 0 Å². The molecule has 0 radical (unpaired) electrons. The van der Waals surface area contributed by atoms with E-state index in [2.05, 4.69) is 15.5 Å². The first-order valence-corrected chi connectivity index (χ1v) is 7.37. The summed E-state index contributed by atoms with van der Waals surface area (Å²) >= 11 is 0. The van der Waals surface area contributed by atoms with Crippen LogP contribution in [0.25, 0.3) is 0 Å². The quantitative estimate of drug-likeness (QED) is 0.800. The van der Waals surface area contributed by atoms with Crippen LogP contribution in [0.4, 0.5) is 5.69 Å². The van der Waals surface area contributed by atoms with Crippen molar-refractivity contribution in [2.75, 3.05) is 5.32 Å². The van der Waals surface area contributed by atoms with Crippen molar-refractivity contribution in [1.82, 2.24) is 10.2 Å². The molecule has 0 spiro atoms. The summed E-state index contributed by atoms with van der Waals surface area (Å²) < 4.78 is 5.45. The second-order valence-corrected chi connectivity index (χ2v) is 5.44. The average molecular weight is 307 g/mol. The van der Waals surface area contributed by atoms with Gasteiger partial charge in [-0.25, -0.2) is 0 Å². The number of nitrogens with zero attached hydrogens (tertiary/aromatic N) is 2. The Hall–Kier alpha value is -2.95. The topological polar surface area (TPSA) is 68.0 Å². The van der Waals surface area contributed by atoms with Gasteiger partial charge in [-0.15, -0.1) is 10.2 Å². The van der Waals surface area contributed by atoms with Crippen LogP contribution in [0.1, 0.15) is 33.3 Å². The molecule has 0 aliphatic rings. The lowest BCUT2D eigenvalue weighted by atomic mass is 10.1. The number of hydrogen-bond acceptors (Lipinski definition) is 4. The van der Waals surface area contributed by atoms with E-state index in [1.54, 1.807) is 0 Å². The molecule has 0 saturated heterocycles. The van der Waals surface area contributed by atoms with Crippen molar-refractivity contribution < 1.29 is 9.21 Å². The molecular formula is C18H17N3O2. The van der Waals surface area contributed by atoms with Crippen LogP contribution < -0.4 is 5.32 Å². The molecule has 0 atom stereocenters. The summed E-state index contributed by atoms with van der Waals surface area (Å²) in [5.74, 6) is -0.0124. The fraction of sp³-hybridized carbons (Fsp3) is 0.167. The summed E-state index contributed by atoms with van der Waals surface area (Å²) in [4.78, 5) is 12.2. The third kappa shape index (κ3) is 3.63. The number of hydrogen-bond donors (Lipinski definition) is 1. The highest BCUT2D eigenvalue weighted by molar-refractivity contribution is 6.01. The zero-order valence-corrected chi connectivity index (χ0v) is 13.0. The molecule has 0 aliphatic heterocycles. The SMILES string of the molecule is Cc1ccc(NC(=O)c2nnc(Cc3ccccc3)o2)c(C)c1. The second kappa shape index (κ2) is 6.44. The molecule has 3 aromatic rings. The van der Waals surface area contributed by atoms with E-state index in [-0.39, 0.29) is 5.89 Å². The van der Waals surface area contributed by atoms with Gasteiger partial charge >= 0.3 is 11.8 Å². The van der Waals surface area contributed by atoms with Crippen molar-refractivity contribution in [3.63, 3.8) is 0 Å². The van der Waals surface area contributed by atoms with Crippen LogP contribution in [0.2, 0.25) is 0 Å². The monoisotopic (exact) mass is 307 g/mol. The van der Waals surface area contributed by atoms with E-state index in [4.69, 9.17) is 4.42 Å². The van der Waals surface area contributed by atoms with E-state index in [0.717, 1.165) is 22.4 Å². The number of carbonyl (C=O) groups excluding carboxylic acids is 1. The Bertz CT molecular complexity index is 825. The van der Waals surface area contributed by atoms with Crippen LogP contribution in [0, 0.1) is 13.8 Å². The fourth-order valence-corrected chi connectivity index (χ4v) is 2.32. The number of aryl methyl sites for hydroxylation is 2. The van der Waals surface area contributed by atoms with Gasteiger partial charge in [-0.1, -0.05) is 48.0 Å². The molecule has 0 saturated carbocycles. The van der Waals surface area contributed by atoms with Gasteiger partial charge in [0.25, 0.3) is 0 Å². The van der Waals surface area contributed by atoms with E-state index < -0.39 is 5.91 Å². The number of benzene rings is 2. The predicted octanol–water partition coefficient (Wildman–Crippen LogP) is 3.53. The number of rotatable bonds is 4. The number of aromatic nitrogens is 2. The first kappa shape index (κ1) is 15.0. The Morgan fingerprint density at radius 3 is 2.61 bits per heavy atom. The summed E-state index contributed by atoms with van der Waals surface area (Å²) in [7, 11) is 0. The third-order valence-electron chi connectivity index (χ3n) is 3.49. The Labute approximate surface area is 134 Å². The van der Waals surface area contributed by atoms with E-state index in [1.807, 2.05) is 62.4 Å². The number of carbonyl (C=O) groups is 1. The van der Waals surface area contributed by atoms with Crippen molar-refractivity contribution in [3.8, 4) is 0 Å². The van der Waals surface area contributed by atoms with Crippen LogP contribution in [-0.4, -0.2) is 16.1 Å². The van der Waals surface area contributed by atoms with Gasteiger partial charge in [0, 0.05) is 5.69 Å². The highest BCUT2D eigenvalue weighted by Crippen LogP contribution is 2.17. The Kier molecular flexibility index (Phi) is 4.19. The van der Waals surface area contributed by atoms with Gasteiger partial charge in [0.05, 0.1) is 6.42 Å².